The second kappa shape index (κ2) is 8.73. The van der Waals surface area contributed by atoms with Crippen LogP contribution < -0.4 is 0 Å². The van der Waals surface area contributed by atoms with Crippen molar-refractivity contribution < 1.29 is 14.6 Å². The third-order valence-electron chi connectivity index (χ3n) is 5.08. The second-order valence-corrected chi connectivity index (χ2v) is 8.44. The lowest BCUT2D eigenvalue weighted by atomic mass is 10.1. The number of carbonyl (C=O) groups is 1. The van der Waals surface area contributed by atoms with E-state index in [-0.39, 0.29) is 24.1 Å². The van der Waals surface area contributed by atoms with E-state index in [0.29, 0.717) is 29.3 Å². The highest BCUT2D eigenvalue weighted by Gasteiger charge is 2.31. The molecule has 0 amide bonds. The van der Waals surface area contributed by atoms with Gasteiger partial charge in [-0.25, -0.2) is 9.78 Å². The van der Waals surface area contributed by atoms with Crippen molar-refractivity contribution in [3.63, 3.8) is 0 Å². The molecule has 2 N–H and O–H groups in total. The zero-order valence-corrected chi connectivity index (χ0v) is 18.2. The zero-order chi connectivity index (χ0) is 22.0. The molecule has 3 aromatic rings. The van der Waals surface area contributed by atoms with Crippen molar-refractivity contribution in [3.8, 4) is 11.3 Å². The lowest BCUT2D eigenvalue weighted by Crippen LogP contribution is -2.26. The summed E-state index contributed by atoms with van der Waals surface area (Å²) in [6.45, 7) is 4.82. The molecule has 2 heterocycles. The van der Waals surface area contributed by atoms with Crippen LogP contribution in [0.25, 0.3) is 16.8 Å². The van der Waals surface area contributed by atoms with Gasteiger partial charge in [0, 0.05) is 17.0 Å². The minimum atomic E-state index is -0.349. The molecule has 1 aliphatic heterocycles. The Labute approximate surface area is 185 Å². The fourth-order valence-corrected chi connectivity index (χ4v) is 4.55. The molecule has 0 saturated heterocycles. The molecule has 31 heavy (non-hydrogen) atoms. The molecule has 2 aromatic carbocycles. The molecule has 1 aromatic heterocycles. The van der Waals surface area contributed by atoms with Crippen LogP contribution in [0.15, 0.2) is 60.4 Å². The van der Waals surface area contributed by atoms with Crippen molar-refractivity contribution in [2.45, 2.75) is 20.4 Å². The number of aromatic nitrogens is 1. The van der Waals surface area contributed by atoms with Gasteiger partial charge in [-0.05, 0) is 31.5 Å². The largest absolute Gasteiger partial charge is 0.510 e. The average molecular weight is 434 g/mol. The minimum Gasteiger partial charge on any atom is -0.510 e. The van der Waals surface area contributed by atoms with E-state index < -0.39 is 0 Å². The molecule has 7 heteroatoms. The Bertz CT molecular complexity index is 1150. The predicted molar refractivity (Wildman–Crippen MR) is 122 cm³/mol. The summed E-state index contributed by atoms with van der Waals surface area (Å²) in [6, 6.07) is 17.0. The van der Waals surface area contributed by atoms with Gasteiger partial charge in [0.25, 0.3) is 0 Å². The first-order valence-corrected chi connectivity index (χ1v) is 10.8. The molecule has 0 unspecified atom stereocenters. The first kappa shape index (κ1) is 20.8. The highest BCUT2D eigenvalue weighted by Crippen LogP contribution is 2.35. The van der Waals surface area contributed by atoms with Crippen LogP contribution in [0.2, 0.25) is 0 Å². The molecule has 4 rings (SSSR count). The lowest BCUT2D eigenvalue weighted by Gasteiger charge is -2.18. The van der Waals surface area contributed by atoms with Crippen LogP contribution >= 0.6 is 11.3 Å². The number of rotatable bonds is 6. The highest BCUT2D eigenvalue weighted by molar-refractivity contribution is 7.13. The Morgan fingerprint density at radius 3 is 2.58 bits per heavy atom. The monoisotopic (exact) mass is 433 g/mol. The van der Waals surface area contributed by atoms with Gasteiger partial charge in [-0.1, -0.05) is 42.5 Å². The van der Waals surface area contributed by atoms with Crippen LogP contribution in [-0.2, 0) is 11.3 Å². The van der Waals surface area contributed by atoms with Crippen LogP contribution in [0.5, 0.6) is 0 Å². The maximum Gasteiger partial charge on any atom is 0.338 e. The summed E-state index contributed by atoms with van der Waals surface area (Å²) in [5.74, 6) is 0.0553. The summed E-state index contributed by atoms with van der Waals surface area (Å²) in [6.07, 6.45) is 0. The Hall–Kier alpha value is -3.45. The zero-order valence-electron chi connectivity index (χ0n) is 17.4. The van der Waals surface area contributed by atoms with E-state index in [9.17, 15) is 9.90 Å². The smallest absolute Gasteiger partial charge is 0.338 e. The summed E-state index contributed by atoms with van der Waals surface area (Å²) >= 11 is 1.48. The number of nitrogens with one attached hydrogen (secondary N) is 1. The SMILES string of the molecule is CCOC(=O)c1ccc(CN2CC(O)=C(c3nc(-c4ccccc4)c(C)s3)C2=N)cc1. The Morgan fingerprint density at radius 1 is 1.19 bits per heavy atom. The molecule has 0 fully saturated rings. The number of nitrogens with zero attached hydrogens (tertiary/aromatic N) is 2. The van der Waals surface area contributed by atoms with Gasteiger partial charge in [-0.2, -0.15) is 0 Å². The summed E-state index contributed by atoms with van der Waals surface area (Å²) in [4.78, 5) is 19.4. The van der Waals surface area contributed by atoms with Gasteiger partial charge in [0.05, 0.1) is 30.0 Å². The molecule has 6 nitrogen and oxygen atoms in total. The van der Waals surface area contributed by atoms with Crippen LogP contribution in [0, 0.1) is 12.3 Å². The van der Waals surface area contributed by atoms with Gasteiger partial charge < -0.3 is 14.7 Å². The van der Waals surface area contributed by atoms with Gasteiger partial charge in [-0.15, -0.1) is 11.3 Å². The predicted octanol–water partition coefficient (Wildman–Crippen LogP) is 5.06. The maximum absolute atomic E-state index is 11.8. The van der Waals surface area contributed by atoms with Crippen molar-refractivity contribution in [2.75, 3.05) is 13.2 Å². The van der Waals surface area contributed by atoms with Gasteiger partial charge >= 0.3 is 5.97 Å². The molecule has 0 aliphatic carbocycles. The van der Waals surface area contributed by atoms with Gasteiger partial charge in [0.1, 0.15) is 16.6 Å². The summed E-state index contributed by atoms with van der Waals surface area (Å²) in [5, 5.41) is 19.9. The molecular weight excluding hydrogens is 410 g/mol. The molecule has 0 atom stereocenters. The highest BCUT2D eigenvalue weighted by atomic mass is 32.1. The van der Waals surface area contributed by atoms with Crippen molar-refractivity contribution >= 4 is 28.7 Å². The molecule has 0 saturated carbocycles. The quantitative estimate of drug-likeness (QED) is 0.531. The third-order valence-corrected chi connectivity index (χ3v) is 6.07. The number of aryl methyl sites for hydroxylation is 1. The second-order valence-electron chi connectivity index (χ2n) is 7.23. The summed E-state index contributed by atoms with van der Waals surface area (Å²) < 4.78 is 5.01. The topological polar surface area (TPSA) is 86.5 Å². The van der Waals surface area contributed by atoms with Crippen LogP contribution in [0.4, 0.5) is 0 Å². The Morgan fingerprint density at radius 2 is 1.90 bits per heavy atom. The van der Waals surface area contributed by atoms with Crippen LogP contribution in [0.3, 0.4) is 0 Å². The summed E-state index contributed by atoms with van der Waals surface area (Å²) in [5.41, 5.74) is 3.81. The normalized spacial score (nSPS) is 13.7. The van der Waals surface area contributed by atoms with Crippen molar-refractivity contribution in [3.05, 3.63) is 81.4 Å². The maximum atomic E-state index is 11.8. The number of aliphatic hydroxyl groups excluding tert-OH is 1. The number of ether oxygens (including phenoxy) is 1. The number of amidine groups is 1. The standard InChI is InChI=1S/C24H23N3O3S/c1-3-30-24(29)18-11-9-16(10-12-18)13-27-14-19(28)20(22(27)25)23-26-21(15(2)31-23)17-7-5-4-6-8-17/h4-12,25,28H,3,13-14H2,1-2H3. The Kier molecular flexibility index (Phi) is 5.86. The van der Waals surface area contributed by atoms with Gasteiger partial charge in [0.15, 0.2) is 0 Å². The van der Waals surface area contributed by atoms with Crippen molar-refractivity contribution in [1.82, 2.24) is 9.88 Å². The van der Waals surface area contributed by atoms with Crippen molar-refractivity contribution in [2.24, 2.45) is 0 Å². The van der Waals surface area contributed by atoms with Crippen LogP contribution in [0.1, 0.15) is 32.7 Å². The first-order valence-electron chi connectivity index (χ1n) is 10.0. The van der Waals surface area contributed by atoms with Crippen molar-refractivity contribution in [1.29, 1.82) is 5.41 Å². The minimum absolute atomic E-state index is 0.154. The molecule has 158 valence electrons. The van der Waals surface area contributed by atoms with E-state index in [1.54, 1.807) is 24.0 Å². The van der Waals surface area contributed by atoms with E-state index >= 15 is 0 Å². The third kappa shape index (κ3) is 4.22. The number of aliphatic hydroxyl groups is 1. The van der Waals surface area contributed by atoms with Crippen LogP contribution in [-0.4, -0.2) is 39.9 Å². The molecule has 1 aliphatic rings. The fraction of sp³-hybridized carbons (Fsp3) is 0.208. The van der Waals surface area contributed by atoms with E-state index in [2.05, 4.69) is 0 Å². The van der Waals surface area contributed by atoms with E-state index in [1.807, 2.05) is 49.4 Å². The number of hydrogen-bond donors (Lipinski definition) is 2. The van der Waals surface area contributed by atoms with E-state index in [0.717, 1.165) is 21.7 Å². The summed E-state index contributed by atoms with van der Waals surface area (Å²) in [7, 11) is 0. The molecule has 0 spiro atoms. The van der Waals surface area contributed by atoms with Gasteiger partial charge in [0.2, 0.25) is 0 Å². The lowest BCUT2D eigenvalue weighted by molar-refractivity contribution is 0.0526. The van der Waals surface area contributed by atoms with E-state index in [4.69, 9.17) is 15.1 Å². The van der Waals surface area contributed by atoms with Gasteiger partial charge in [-0.3, -0.25) is 5.41 Å². The first-order chi connectivity index (χ1) is 15.0. The molecule has 0 radical (unpaired) electrons. The fourth-order valence-electron chi connectivity index (χ4n) is 3.54. The number of hydrogen-bond acceptors (Lipinski definition) is 6. The number of esters is 1. The Balaban J connectivity index is 1.51. The number of thiazole rings is 1. The molecular formula is C24H23N3O3S. The number of carbonyl (C=O) groups excluding carboxylic acids is 1. The molecule has 0 bridgehead atoms. The average Bonchev–Trinajstić information content (AvgIpc) is 3.28. The van der Waals surface area contributed by atoms with E-state index in [1.165, 1.54) is 11.3 Å². The number of benzene rings is 2.